The molecule has 8 aromatic rings. The number of aryl methyl sites for hydroxylation is 2. The summed E-state index contributed by atoms with van der Waals surface area (Å²) in [6.07, 6.45) is 0. The van der Waals surface area contributed by atoms with Crippen molar-refractivity contribution < 1.29 is 40.2 Å². The van der Waals surface area contributed by atoms with Crippen LogP contribution in [-0.2, 0) is 61.9 Å². The van der Waals surface area contributed by atoms with Gasteiger partial charge < -0.3 is 19.6 Å². The summed E-state index contributed by atoms with van der Waals surface area (Å²) in [5, 5.41) is 0. The second kappa shape index (κ2) is 18.4. The van der Waals surface area contributed by atoms with Crippen molar-refractivity contribution in [3.8, 4) is 33.4 Å². The molecule has 0 amide bonds. The van der Waals surface area contributed by atoms with Crippen LogP contribution in [0, 0.1) is 50.1 Å². The minimum absolute atomic E-state index is 0. The van der Waals surface area contributed by atoms with Gasteiger partial charge in [0.25, 0.3) is 0 Å². The van der Waals surface area contributed by atoms with Gasteiger partial charge in [-0.2, -0.15) is 36.4 Å². The fourth-order valence-electron chi connectivity index (χ4n) is 12.8. The first-order valence-corrected chi connectivity index (χ1v) is 26.4. The monoisotopic (exact) mass is 1350 g/mol. The van der Waals surface area contributed by atoms with Crippen LogP contribution in [0.5, 0.6) is 0 Å². The Bertz CT molecular complexity index is 3310. The van der Waals surface area contributed by atoms with E-state index in [0.29, 0.717) is 0 Å². The summed E-state index contributed by atoms with van der Waals surface area (Å²) in [6.45, 7) is 37.3. The second-order valence-electron chi connectivity index (χ2n) is 24.6. The molecular formula is C68H68Ir2N6-4. The average molecular weight is 1350 g/mol. The summed E-state index contributed by atoms with van der Waals surface area (Å²) in [4.78, 5) is 20.1. The first-order chi connectivity index (χ1) is 35.0. The van der Waals surface area contributed by atoms with Crippen LogP contribution < -0.4 is 19.6 Å². The van der Waals surface area contributed by atoms with E-state index >= 15 is 0 Å². The van der Waals surface area contributed by atoms with Gasteiger partial charge in [-0.1, -0.05) is 178 Å². The summed E-state index contributed by atoms with van der Waals surface area (Å²) >= 11 is 0. The Labute approximate surface area is 479 Å². The van der Waals surface area contributed by atoms with Crippen LogP contribution in [0.4, 0.5) is 45.8 Å². The fourth-order valence-corrected chi connectivity index (χ4v) is 12.8. The summed E-state index contributed by atoms with van der Waals surface area (Å²) in [7, 11) is 0. The quantitative estimate of drug-likeness (QED) is 0.148. The van der Waals surface area contributed by atoms with Gasteiger partial charge in [-0.05, 0) is 94.2 Å². The number of fused-ring (bicyclic) bond motifs is 4. The van der Waals surface area contributed by atoms with Gasteiger partial charge in [0.1, 0.15) is 11.6 Å². The SMILES string of the molecule is Cc1cc(C)cc(-c2c(-c3c[c-]c(N4[CH-]N(c5ccccc5)c5cc6c(cc54)C(C)(C)C(C)(C)C6(C)C)cc3)cccc2-c2c[c-]c(N3[CH-]N(c4ccccc4)c4nc5c(nc43)C(C)(C)C(C)(C)C5(C)C)cc2)c1.[Ir].[Ir]. The maximum Gasteiger partial charge on any atom is 0.146 e. The summed E-state index contributed by atoms with van der Waals surface area (Å²) < 4.78 is 0. The van der Waals surface area contributed by atoms with Gasteiger partial charge in [-0.15, -0.1) is 48.0 Å². The molecule has 0 saturated heterocycles. The van der Waals surface area contributed by atoms with Crippen molar-refractivity contribution in [1.29, 1.82) is 0 Å². The van der Waals surface area contributed by atoms with Gasteiger partial charge in [-0.3, -0.25) is 0 Å². The molecule has 1 aromatic heterocycles. The molecule has 0 fully saturated rings. The van der Waals surface area contributed by atoms with E-state index in [2.05, 4.69) is 288 Å². The Kier molecular flexibility index (Phi) is 12.9. The molecule has 12 rings (SSSR count). The molecule has 3 heterocycles. The number of para-hydroxylation sites is 2. The largest absolute Gasteiger partial charge is 0.493 e. The van der Waals surface area contributed by atoms with Crippen molar-refractivity contribution in [3.63, 3.8) is 0 Å². The predicted octanol–water partition coefficient (Wildman–Crippen LogP) is 17.7. The molecule has 2 aliphatic carbocycles. The molecule has 0 saturated carbocycles. The Morgan fingerprint density at radius 2 is 0.829 bits per heavy atom. The molecule has 2 aliphatic heterocycles. The first kappa shape index (κ1) is 53.5. The normalized spacial score (nSPS) is 18.3. The molecule has 8 heteroatoms. The van der Waals surface area contributed by atoms with Crippen LogP contribution in [0.15, 0.2) is 146 Å². The number of nitrogens with zero attached hydrogens (tertiary/aromatic N) is 6. The molecule has 6 nitrogen and oxygen atoms in total. The summed E-state index contributed by atoms with van der Waals surface area (Å²) in [5.41, 5.74) is 20.3. The molecule has 0 unspecified atom stereocenters. The third kappa shape index (κ3) is 7.66. The van der Waals surface area contributed by atoms with Gasteiger partial charge in [0.2, 0.25) is 0 Å². The second-order valence-corrected chi connectivity index (χ2v) is 24.6. The van der Waals surface area contributed by atoms with Crippen molar-refractivity contribution in [2.45, 2.75) is 119 Å². The van der Waals surface area contributed by atoms with Gasteiger partial charge >= 0.3 is 0 Å². The topological polar surface area (TPSA) is 38.7 Å². The van der Waals surface area contributed by atoms with Crippen LogP contribution in [-0.4, -0.2) is 9.97 Å². The zero-order valence-electron chi connectivity index (χ0n) is 46.4. The molecule has 0 atom stereocenters. The molecule has 0 bridgehead atoms. The van der Waals surface area contributed by atoms with E-state index in [9.17, 15) is 0 Å². The van der Waals surface area contributed by atoms with Gasteiger partial charge in [-0.25, -0.2) is 9.97 Å². The third-order valence-corrected chi connectivity index (χ3v) is 19.6. The minimum atomic E-state index is -0.199. The molecule has 0 spiro atoms. The minimum Gasteiger partial charge on any atom is -0.493 e. The Morgan fingerprint density at radius 3 is 1.30 bits per heavy atom. The fraction of sp³-hybridized carbons (Fsp3) is 0.294. The van der Waals surface area contributed by atoms with Crippen LogP contribution in [0.2, 0.25) is 0 Å². The van der Waals surface area contributed by atoms with Gasteiger partial charge in [0, 0.05) is 73.8 Å². The summed E-state index contributed by atoms with van der Waals surface area (Å²) in [6, 6.07) is 60.5. The first-order valence-electron chi connectivity index (χ1n) is 26.4. The maximum absolute atomic E-state index is 5.56. The number of aromatic nitrogens is 2. The van der Waals surface area contributed by atoms with Crippen LogP contribution in [0.25, 0.3) is 33.4 Å². The third-order valence-electron chi connectivity index (χ3n) is 19.6. The number of rotatable bonds is 7. The van der Waals surface area contributed by atoms with Gasteiger partial charge in [0.05, 0.1) is 11.4 Å². The van der Waals surface area contributed by atoms with E-state index in [-0.39, 0.29) is 72.7 Å². The molecule has 4 aliphatic rings. The van der Waals surface area contributed by atoms with Crippen LogP contribution in [0.1, 0.15) is 117 Å². The average Bonchev–Trinajstić information content (AvgIpc) is 4.07. The van der Waals surface area contributed by atoms with Gasteiger partial charge in [0.15, 0.2) is 0 Å². The Hall–Kier alpha value is -5.88. The van der Waals surface area contributed by atoms with Crippen molar-refractivity contribution in [2.75, 3.05) is 19.6 Å². The number of hydrogen-bond donors (Lipinski definition) is 0. The van der Waals surface area contributed by atoms with Crippen LogP contribution in [0.3, 0.4) is 0 Å². The van der Waals surface area contributed by atoms with E-state index in [1.807, 2.05) is 0 Å². The van der Waals surface area contributed by atoms with Crippen LogP contribution >= 0.6 is 0 Å². The molecular weight excluding hydrogens is 1290 g/mol. The molecule has 7 aromatic carbocycles. The molecule has 2 radical (unpaired) electrons. The Balaban J connectivity index is 0.00000328. The van der Waals surface area contributed by atoms with Crippen molar-refractivity contribution in [2.24, 2.45) is 10.8 Å². The van der Waals surface area contributed by atoms with E-state index in [1.54, 1.807) is 0 Å². The molecule has 76 heavy (non-hydrogen) atoms. The summed E-state index contributed by atoms with van der Waals surface area (Å²) in [5.74, 6) is 1.65. The number of benzene rings is 7. The van der Waals surface area contributed by atoms with E-state index in [4.69, 9.17) is 9.97 Å². The standard InChI is InChI=1S/C68H68N6.2Ir/c1-43-36-44(2)38-47(37-43)58-52(45-28-32-50(33-29-45)72-41-71(48-22-17-15-18-23-48)56-39-54-55(40-57(56)72)64(5,6)67(11,12)63(54,3)4)26-21-27-53(58)46-30-34-51(35-31-46)74-42-73(49-24-19-16-20-25-49)61-62(74)70-60-59(69-61)65(7,8)68(13,14)66(60,9)10;;/h15-32,34,36-42H,1-14H3;;/q-4;;. The van der Waals surface area contributed by atoms with Crippen molar-refractivity contribution in [1.82, 2.24) is 9.97 Å². The zero-order chi connectivity index (χ0) is 52.1. The predicted molar refractivity (Wildman–Crippen MR) is 308 cm³/mol. The Morgan fingerprint density at radius 1 is 0.408 bits per heavy atom. The van der Waals surface area contributed by atoms with E-state index in [0.717, 1.165) is 68.0 Å². The zero-order valence-corrected chi connectivity index (χ0v) is 51.2. The van der Waals surface area contributed by atoms with Crippen molar-refractivity contribution >= 4 is 45.8 Å². The number of anilines is 8. The number of hydrogen-bond acceptors (Lipinski definition) is 6. The maximum atomic E-state index is 5.56. The molecule has 392 valence electrons. The van der Waals surface area contributed by atoms with Crippen molar-refractivity contribution in [3.05, 3.63) is 205 Å². The smallest absolute Gasteiger partial charge is 0.146 e. The molecule has 0 N–H and O–H groups in total. The van der Waals surface area contributed by atoms with E-state index in [1.165, 1.54) is 44.8 Å². The van der Waals surface area contributed by atoms with E-state index < -0.39 is 0 Å².